The Morgan fingerprint density at radius 1 is 0.926 bits per heavy atom. The number of hydrazine groups is 1. The highest BCUT2D eigenvalue weighted by molar-refractivity contribution is 5.93. The van der Waals surface area contributed by atoms with Crippen LogP contribution in [-0.2, 0) is 11.2 Å². The molecule has 1 aromatic heterocycles. The van der Waals surface area contributed by atoms with Crippen LogP contribution in [0.15, 0.2) is 71.5 Å². The normalized spacial score (nSPS) is 10.3. The monoisotopic (exact) mass is 366 g/mol. The Balaban J connectivity index is 1.65. The van der Waals surface area contributed by atoms with E-state index >= 15 is 0 Å². The van der Waals surface area contributed by atoms with Crippen LogP contribution in [0.2, 0.25) is 0 Å². The van der Waals surface area contributed by atoms with Crippen LogP contribution >= 0.6 is 0 Å². The van der Waals surface area contributed by atoms with E-state index in [1.54, 1.807) is 30.3 Å². The van der Waals surface area contributed by atoms with E-state index in [-0.39, 0.29) is 12.1 Å². The standard InChI is InChI=1S/C19H15FN4O3/c20-14-8-6-13(7-9-14)12-17(25)21-22-19(27)16-10-11-18(26)24(23-16)15-4-2-1-3-5-15/h1-11H,12H2,(H,21,25)(H,22,27). The molecule has 7 nitrogen and oxygen atoms in total. The number of nitrogens with zero attached hydrogens (tertiary/aromatic N) is 2. The molecule has 0 aliphatic heterocycles. The lowest BCUT2D eigenvalue weighted by molar-refractivity contribution is -0.121. The van der Waals surface area contributed by atoms with Crippen molar-refractivity contribution in [1.29, 1.82) is 0 Å². The fourth-order valence-corrected chi connectivity index (χ4v) is 2.31. The molecule has 2 amide bonds. The molecule has 3 aromatic rings. The summed E-state index contributed by atoms with van der Waals surface area (Å²) < 4.78 is 14.0. The molecule has 8 heteroatoms. The average molecular weight is 366 g/mol. The van der Waals surface area contributed by atoms with Gasteiger partial charge in [-0.2, -0.15) is 9.78 Å². The predicted octanol–water partition coefficient (Wildman–Crippen LogP) is 1.38. The maximum absolute atomic E-state index is 12.9. The lowest BCUT2D eigenvalue weighted by Crippen LogP contribution is -2.43. The number of aromatic nitrogens is 2. The van der Waals surface area contributed by atoms with Gasteiger partial charge in [0.2, 0.25) is 5.91 Å². The number of rotatable bonds is 4. The SMILES string of the molecule is O=C(Cc1ccc(F)cc1)NNC(=O)c1ccc(=O)n(-c2ccccc2)n1. The number of hydrogen-bond donors (Lipinski definition) is 2. The Kier molecular flexibility index (Phi) is 5.36. The Morgan fingerprint density at radius 2 is 1.63 bits per heavy atom. The molecule has 0 saturated carbocycles. The lowest BCUT2D eigenvalue weighted by atomic mass is 10.1. The van der Waals surface area contributed by atoms with E-state index in [1.807, 2.05) is 0 Å². The highest BCUT2D eigenvalue weighted by Crippen LogP contribution is 2.04. The van der Waals surface area contributed by atoms with Crippen molar-refractivity contribution in [1.82, 2.24) is 20.6 Å². The maximum atomic E-state index is 12.9. The molecule has 0 spiro atoms. The van der Waals surface area contributed by atoms with Crippen LogP contribution in [0.4, 0.5) is 4.39 Å². The van der Waals surface area contributed by atoms with Gasteiger partial charge in [0.1, 0.15) is 5.82 Å². The second-order valence-electron chi connectivity index (χ2n) is 5.61. The Hall–Kier alpha value is -3.81. The van der Waals surface area contributed by atoms with Crippen LogP contribution in [0.3, 0.4) is 0 Å². The minimum absolute atomic E-state index is 0.0303. The molecule has 0 aliphatic carbocycles. The minimum atomic E-state index is -0.674. The third-order valence-corrected chi connectivity index (χ3v) is 3.63. The van der Waals surface area contributed by atoms with Gasteiger partial charge in [0.25, 0.3) is 11.5 Å². The minimum Gasteiger partial charge on any atom is -0.273 e. The average Bonchev–Trinajstić information content (AvgIpc) is 2.69. The number of carbonyl (C=O) groups is 2. The first-order valence-corrected chi connectivity index (χ1v) is 8.02. The molecule has 3 rings (SSSR count). The summed E-state index contributed by atoms with van der Waals surface area (Å²) in [4.78, 5) is 36.0. The molecule has 27 heavy (non-hydrogen) atoms. The molecule has 2 N–H and O–H groups in total. The molecule has 0 fully saturated rings. The van der Waals surface area contributed by atoms with Crippen molar-refractivity contribution in [2.45, 2.75) is 6.42 Å². The second kappa shape index (κ2) is 8.05. The van der Waals surface area contributed by atoms with Gasteiger partial charge in [0.15, 0.2) is 5.69 Å². The molecule has 1 heterocycles. The lowest BCUT2D eigenvalue weighted by Gasteiger charge is -2.09. The van der Waals surface area contributed by atoms with E-state index in [4.69, 9.17) is 0 Å². The van der Waals surface area contributed by atoms with E-state index in [9.17, 15) is 18.8 Å². The van der Waals surface area contributed by atoms with Crippen molar-refractivity contribution in [3.05, 3.63) is 94.2 Å². The molecule has 0 aliphatic rings. The van der Waals surface area contributed by atoms with Gasteiger partial charge in [-0.3, -0.25) is 25.2 Å². The number of para-hydroxylation sites is 1. The molecule has 0 atom stereocenters. The van der Waals surface area contributed by atoms with Crippen LogP contribution in [0.5, 0.6) is 0 Å². The summed E-state index contributed by atoms with van der Waals surface area (Å²) in [6.07, 6.45) is -0.0303. The van der Waals surface area contributed by atoms with Crippen LogP contribution in [0.25, 0.3) is 5.69 Å². The van der Waals surface area contributed by atoms with Crippen molar-refractivity contribution >= 4 is 11.8 Å². The van der Waals surface area contributed by atoms with Gasteiger partial charge in [0, 0.05) is 6.07 Å². The summed E-state index contributed by atoms with van der Waals surface area (Å²) in [6, 6.07) is 16.6. The number of halogens is 1. The van der Waals surface area contributed by atoms with Crippen molar-refractivity contribution in [3.8, 4) is 5.69 Å². The number of carbonyl (C=O) groups excluding carboxylic acids is 2. The number of hydrogen-bond acceptors (Lipinski definition) is 4. The first kappa shape index (κ1) is 18.0. The molecular formula is C19H15FN4O3. The van der Waals surface area contributed by atoms with Crippen LogP contribution in [-0.4, -0.2) is 21.6 Å². The summed E-state index contributed by atoms with van der Waals surface area (Å²) in [7, 11) is 0. The first-order valence-electron chi connectivity index (χ1n) is 8.02. The number of nitrogens with one attached hydrogen (secondary N) is 2. The molecule has 0 bridgehead atoms. The Bertz CT molecular complexity index is 1020. The molecule has 136 valence electrons. The van der Waals surface area contributed by atoms with Crippen LogP contribution in [0.1, 0.15) is 16.1 Å². The third-order valence-electron chi connectivity index (χ3n) is 3.63. The van der Waals surface area contributed by atoms with E-state index in [1.165, 1.54) is 36.4 Å². The highest BCUT2D eigenvalue weighted by Gasteiger charge is 2.12. The van der Waals surface area contributed by atoms with Crippen LogP contribution in [0, 0.1) is 5.82 Å². The van der Waals surface area contributed by atoms with Gasteiger partial charge in [-0.05, 0) is 35.9 Å². The van der Waals surface area contributed by atoms with Crippen molar-refractivity contribution in [2.24, 2.45) is 0 Å². The van der Waals surface area contributed by atoms with Crippen molar-refractivity contribution in [2.75, 3.05) is 0 Å². The van der Waals surface area contributed by atoms with Gasteiger partial charge < -0.3 is 0 Å². The van der Waals surface area contributed by atoms with Gasteiger partial charge in [-0.1, -0.05) is 30.3 Å². The van der Waals surface area contributed by atoms with E-state index < -0.39 is 23.2 Å². The fraction of sp³-hybridized carbons (Fsp3) is 0.0526. The zero-order chi connectivity index (χ0) is 19.2. The largest absolute Gasteiger partial charge is 0.290 e. The molecule has 2 aromatic carbocycles. The summed E-state index contributed by atoms with van der Waals surface area (Å²) in [5.41, 5.74) is 5.17. The number of amides is 2. The zero-order valence-electron chi connectivity index (χ0n) is 14.1. The second-order valence-corrected chi connectivity index (χ2v) is 5.61. The van der Waals surface area contributed by atoms with Crippen molar-refractivity contribution in [3.63, 3.8) is 0 Å². The maximum Gasteiger partial charge on any atom is 0.290 e. The topological polar surface area (TPSA) is 93.1 Å². The Labute approximate surface area is 153 Å². The summed E-state index contributed by atoms with van der Waals surface area (Å²) >= 11 is 0. The predicted molar refractivity (Wildman–Crippen MR) is 95.5 cm³/mol. The van der Waals surface area contributed by atoms with E-state index in [0.29, 0.717) is 11.3 Å². The van der Waals surface area contributed by atoms with Crippen LogP contribution < -0.4 is 16.4 Å². The third kappa shape index (κ3) is 4.63. The summed E-state index contributed by atoms with van der Waals surface area (Å²) in [6.45, 7) is 0. The first-order chi connectivity index (χ1) is 13.0. The van der Waals surface area contributed by atoms with E-state index in [0.717, 1.165) is 4.68 Å². The summed E-state index contributed by atoms with van der Waals surface area (Å²) in [5, 5.41) is 4.01. The van der Waals surface area contributed by atoms with Crippen molar-refractivity contribution < 1.29 is 14.0 Å². The van der Waals surface area contributed by atoms with Gasteiger partial charge in [0.05, 0.1) is 12.1 Å². The van der Waals surface area contributed by atoms with Gasteiger partial charge in [-0.25, -0.2) is 4.39 Å². The van der Waals surface area contributed by atoms with Gasteiger partial charge in [-0.15, -0.1) is 0 Å². The molecule has 0 radical (unpaired) electrons. The smallest absolute Gasteiger partial charge is 0.273 e. The fourth-order valence-electron chi connectivity index (χ4n) is 2.31. The molecule has 0 saturated heterocycles. The van der Waals surface area contributed by atoms with Gasteiger partial charge >= 0.3 is 0 Å². The zero-order valence-corrected chi connectivity index (χ0v) is 14.1. The Morgan fingerprint density at radius 3 is 2.33 bits per heavy atom. The number of benzene rings is 2. The summed E-state index contributed by atoms with van der Waals surface area (Å²) in [5.74, 6) is -1.55. The van der Waals surface area contributed by atoms with E-state index in [2.05, 4.69) is 16.0 Å². The molecular weight excluding hydrogens is 351 g/mol. The molecule has 0 unspecified atom stereocenters. The quantitative estimate of drug-likeness (QED) is 0.682. The highest BCUT2D eigenvalue weighted by atomic mass is 19.1.